The predicted molar refractivity (Wildman–Crippen MR) is 136 cm³/mol. The van der Waals surface area contributed by atoms with Crippen LogP contribution < -0.4 is 0 Å². The topological polar surface area (TPSA) is 40.5 Å². The Morgan fingerprint density at radius 2 is 0.588 bits per heavy atom. The first-order valence-corrected chi connectivity index (χ1v) is 10.1. The summed E-state index contributed by atoms with van der Waals surface area (Å²) in [5.41, 5.74) is -9.47. The molecule has 0 aliphatic rings. The first-order chi connectivity index (χ1) is 23.2. The molecule has 0 fully saturated rings. The van der Waals surface area contributed by atoms with E-state index in [4.69, 9.17) is 21.9 Å². The van der Waals surface area contributed by atoms with E-state index in [0.717, 1.165) is 48.5 Å². The van der Waals surface area contributed by atoms with E-state index in [0.29, 0.717) is 0 Å². The number of aliphatic hydroxyl groups is 2. The lowest BCUT2D eigenvalue weighted by Gasteiger charge is -2.33. The lowest BCUT2D eigenvalue weighted by Crippen LogP contribution is -2.31. The van der Waals surface area contributed by atoms with Crippen LogP contribution in [0.1, 0.15) is 55.3 Å². The van der Waals surface area contributed by atoms with Crippen molar-refractivity contribution in [3.05, 3.63) is 179 Å². The Morgan fingerprint density at radius 3 is 0.794 bits per heavy atom. The average Bonchev–Trinajstić information content (AvgIpc) is 3.05. The Bertz CT molecular complexity index is 1830. The van der Waals surface area contributed by atoms with Gasteiger partial charge in [0, 0.05) is 0 Å². The van der Waals surface area contributed by atoms with E-state index >= 15 is 0 Å². The summed E-state index contributed by atoms with van der Waals surface area (Å²) >= 11 is 0. The van der Waals surface area contributed by atoms with Crippen LogP contribution in [0.5, 0.6) is 0 Å². The minimum absolute atomic E-state index is 0.358. The van der Waals surface area contributed by atoms with Gasteiger partial charge in [-0.2, -0.15) is 0 Å². The Balaban J connectivity index is 1.93. The van der Waals surface area contributed by atoms with Crippen LogP contribution in [0.4, 0.5) is 0 Å². The Labute approximate surface area is 222 Å². The van der Waals surface area contributed by atoms with Gasteiger partial charge in [0.1, 0.15) is 11.2 Å². The third-order valence-corrected chi connectivity index (χ3v) is 5.32. The molecule has 34 heavy (non-hydrogen) atoms. The van der Waals surface area contributed by atoms with E-state index in [9.17, 15) is 10.2 Å². The lowest BCUT2D eigenvalue weighted by molar-refractivity contribution is 0.121. The van der Waals surface area contributed by atoms with Crippen molar-refractivity contribution in [3.63, 3.8) is 0 Å². The molecule has 166 valence electrons. The van der Waals surface area contributed by atoms with Crippen LogP contribution in [0.2, 0.25) is 0 Å². The summed E-state index contributed by atoms with van der Waals surface area (Å²) in [7, 11) is 0. The number of rotatable bonds is 6. The fraction of sp³-hybridized carbons (Fsp3) is 0.0625. The zero-order valence-corrected chi connectivity index (χ0v) is 17.5. The van der Waals surface area contributed by atoms with E-state index in [1.165, 1.54) is 0 Å². The van der Waals surface area contributed by atoms with Crippen molar-refractivity contribution in [2.75, 3.05) is 0 Å². The number of hydrogen-bond acceptors (Lipinski definition) is 2. The normalized spacial score (nSPS) is 18.4. The van der Waals surface area contributed by atoms with Crippen molar-refractivity contribution >= 4 is 0 Å². The van der Waals surface area contributed by atoms with Gasteiger partial charge in [0.25, 0.3) is 0 Å². The molecule has 2 nitrogen and oxygen atoms in total. The van der Waals surface area contributed by atoms with Crippen molar-refractivity contribution in [1.29, 1.82) is 0 Å². The van der Waals surface area contributed by atoms with Crippen molar-refractivity contribution < 1.29 is 32.1 Å². The molecule has 0 saturated heterocycles. The van der Waals surface area contributed by atoms with Gasteiger partial charge in [-0.25, -0.2) is 0 Å². The molecule has 5 rings (SSSR count). The fourth-order valence-electron chi connectivity index (χ4n) is 3.64. The van der Waals surface area contributed by atoms with E-state index in [-0.39, 0.29) is 11.1 Å². The third kappa shape index (κ3) is 3.73. The van der Waals surface area contributed by atoms with Crippen LogP contribution in [0.25, 0.3) is 0 Å². The molecule has 5 aromatic carbocycles. The van der Waals surface area contributed by atoms with Gasteiger partial charge in [0.15, 0.2) is 0 Å². The Morgan fingerprint density at radius 1 is 0.382 bits per heavy atom. The molecule has 2 N–H and O–H groups in total. The summed E-state index contributed by atoms with van der Waals surface area (Å²) in [6, 6.07) is -3.21. The standard InChI is InChI=1S/C32H26O2/c33-31(25-13-5-1-6-14-25,26-15-7-2-8-16-26)29-21-23-30(24-22-29)32(34,27-17-9-3-10-18-27)28-19-11-4-12-20-28/h1-24,33-34H/i5D,6D,7D,8D,9D,10D,11D,12D,13D,14D,15D,16D,17D,18D,19D,20D. The smallest absolute Gasteiger partial charge is 0.140 e. The summed E-state index contributed by atoms with van der Waals surface area (Å²) in [4.78, 5) is 0. The molecule has 0 aliphatic carbocycles. The summed E-state index contributed by atoms with van der Waals surface area (Å²) in [5.74, 6) is 0. The quantitative estimate of drug-likeness (QED) is 0.295. The van der Waals surface area contributed by atoms with Crippen LogP contribution in [0.3, 0.4) is 0 Å². The minimum atomic E-state index is -2.92. The molecule has 0 aliphatic heterocycles. The second-order valence-electron chi connectivity index (χ2n) is 7.23. The van der Waals surface area contributed by atoms with Gasteiger partial charge in [-0.1, -0.05) is 145 Å². The molecular weight excluding hydrogens is 416 g/mol. The molecular formula is C32H26O2. The molecule has 0 heterocycles. The van der Waals surface area contributed by atoms with E-state index < -0.39 is 130 Å². The highest BCUT2D eigenvalue weighted by molar-refractivity contribution is 5.51. The summed E-state index contributed by atoms with van der Waals surface area (Å²) < 4.78 is 135. The first-order valence-electron chi connectivity index (χ1n) is 18.1. The van der Waals surface area contributed by atoms with Crippen LogP contribution in [-0.4, -0.2) is 10.2 Å². The molecule has 0 radical (unpaired) electrons. The highest BCUT2D eigenvalue weighted by Crippen LogP contribution is 2.40. The van der Waals surface area contributed by atoms with E-state index in [1.807, 2.05) is 0 Å². The highest BCUT2D eigenvalue weighted by atomic mass is 16.3. The maximum absolute atomic E-state index is 12.6. The second kappa shape index (κ2) is 9.11. The first kappa shape index (κ1) is 10.1. The van der Waals surface area contributed by atoms with E-state index in [1.54, 1.807) is 0 Å². The highest BCUT2D eigenvalue weighted by Gasteiger charge is 2.36. The largest absolute Gasteiger partial charge is 0.376 e. The fourth-order valence-corrected chi connectivity index (χ4v) is 3.64. The van der Waals surface area contributed by atoms with Gasteiger partial charge >= 0.3 is 0 Å². The van der Waals surface area contributed by atoms with Gasteiger partial charge in [-0.05, 0) is 33.4 Å². The maximum atomic E-state index is 12.6. The molecule has 0 amide bonds. The molecule has 0 aromatic heterocycles. The van der Waals surface area contributed by atoms with Crippen molar-refractivity contribution in [3.8, 4) is 0 Å². The van der Waals surface area contributed by atoms with Crippen molar-refractivity contribution in [2.45, 2.75) is 11.2 Å². The summed E-state index contributed by atoms with van der Waals surface area (Å²) in [5, 5.41) is 25.2. The minimum Gasteiger partial charge on any atom is -0.376 e. The van der Waals surface area contributed by atoms with Crippen LogP contribution in [0, 0.1) is 0 Å². The maximum Gasteiger partial charge on any atom is 0.140 e. The number of hydrogen-bond donors (Lipinski definition) is 2. The zero-order valence-electron chi connectivity index (χ0n) is 33.5. The molecule has 0 spiro atoms. The second-order valence-corrected chi connectivity index (χ2v) is 7.23. The van der Waals surface area contributed by atoms with Crippen molar-refractivity contribution in [1.82, 2.24) is 0 Å². The molecule has 2 heteroatoms. The van der Waals surface area contributed by atoms with Gasteiger partial charge in [0.05, 0.1) is 21.9 Å². The molecule has 5 aromatic rings. The van der Waals surface area contributed by atoms with Crippen molar-refractivity contribution in [2.24, 2.45) is 0 Å². The van der Waals surface area contributed by atoms with Gasteiger partial charge in [-0.15, -0.1) is 0 Å². The molecule has 0 bridgehead atoms. The van der Waals surface area contributed by atoms with Gasteiger partial charge in [0.2, 0.25) is 0 Å². The monoisotopic (exact) mass is 458 g/mol. The van der Waals surface area contributed by atoms with Gasteiger partial charge < -0.3 is 10.2 Å². The van der Waals surface area contributed by atoms with Crippen LogP contribution in [-0.2, 0) is 11.2 Å². The van der Waals surface area contributed by atoms with Crippen LogP contribution in [0.15, 0.2) is 145 Å². The molecule has 0 unspecified atom stereocenters. The molecule has 0 atom stereocenters. The zero-order chi connectivity index (χ0) is 37.4. The Hall–Kier alpha value is -3.98. The summed E-state index contributed by atoms with van der Waals surface area (Å²) in [6.07, 6.45) is 0. The van der Waals surface area contributed by atoms with Crippen LogP contribution >= 0.6 is 0 Å². The number of benzene rings is 5. The van der Waals surface area contributed by atoms with E-state index in [2.05, 4.69) is 0 Å². The van der Waals surface area contributed by atoms with Gasteiger partial charge in [-0.3, -0.25) is 0 Å². The lowest BCUT2D eigenvalue weighted by atomic mass is 9.77. The Kier molecular flexibility index (Phi) is 2.71. The third-order valence-electron chi connectivity index (χ3n) is 5.32. The SMILES string of the molecule is [2H]c1cc([2H])c([2H])c(C(O)(c2ccc(C(O)(c3c([2H])c([2H])cc([2H])c3[2H])c3c([2H])c([2H])cc([2H])c3[2H])cc2)c2c([2H])c([2H])cc([2H])c2[2H])c1[2H]. The molecule has 0 saturated carbocycles. The predicted octanol–water partition coefficient (Wildman–Crippen LogP) is 6.26. The average molecular weight is 459 g/mol. The summed E-state index contributed by atoms with van der Waals surface area (Å²) in [6.45, 7) is 0.